The first-order chi connectivity index (χ1) is 6.99. The first kappa shape index (κ1) is 11.4. The number of nitrogens with zero attached hydrogens (tertiary/aromatic N) is 1. The van der Waals surface area contributed by atoms with Crippen LogP contribution < -0.4 is 0 Å². The highest BCUT2D eigenvalue weighted by Crippen LogP contribution is 2.25. The Morgan fingerprint density at radius 2 is 2.00 bits per heavy atom. The van der Waals surface area contributed by atoms with E-state index in [9.17, 15) is 13.5 Å². The van der Waals surface area contributed by atoms with Crippen molar-refractivity contribution in [1.82, 2.24) is 4.90 Å². The molecule has 0 aromatic rings. The molecule has 4 nitrogen and oxygen atoms in total. The summed E-state index contributed by atoms with van der Waals surface area (Å²) >= 11 is 0. The maximum atomic E-state index is 11.4. The Morgan fingerprint density at radius 1 is 1.27 bits per heavy atom. The third-order valence-electron chi connectivity index (χ3n) is 3.57. The minimum atomic E-state index is -3.01. The van der Waals surface area contributed by atoms with Gasteiger partial charge in [0.1, 0.15) is 0 Å². The van der Waals surface area contributed by atoms with Gasteiger partial charge in [0.05, 0.1) is 23.7 Å². The SMILES string of the molecule is CC1CCCCN1C1CS(=O)(=O)CC1O. The van der Waals surface area contributed by atoms with Crippen LogP contribution in [0.2, 0.25) is 0 Å². The molecule has 3 atom stereocenters. The first-order valence-corrected chi connectivity index (χ1v) is 7.46. The molecule has 2 rings (SSSR count). The lowest BCUT2D eigenvalue weighted by Gasteiger charge is -2.38. The van der Waals surface area contributed by atoms with Crippen molar-refractivity contribution in [2.75, 3.05) is 18.1 Å². The van der Waals surface area contributed by atoms with Crippen molar-refractivity contribution in [3.05, 3.63) is 0 Å². The van der Waals surface area contributed by atoms with Gasteiger partial charge >= 0.3 is 0 Å². The Morgan fingerprint density at radius 3 is 2.53 bits per heavy atom. The van der Waals surface area contributed by atoms with E-state index in [0.717, 1.165) is 19.4 Å². The second-order valence-corrected chi connectivity index (χ2v) is 6.95. The average Bonchev–Trinajstić information content (AvgIpc) is 2.40. The largest absolute Gasteiger partial charge is 0.390 e. The number of aliphatic hydroxyl groups excluding tert-OH is 1. The minimum Gasteiger partial charge on any atom is -0.390 e. The molecule has 2 aliphatic rings. The van der Waals surface area contributed by atoms with E-state index in [4.69, 9.17) is 0 Å². The molecule has 2 fully saturated rings. The number of rotatable bonds is 1. The lowest BCUT2D eigenvalue weighted by Crippen LogP contribution is -2.49. The van der Waals surface area contributed by atoms with Crippen LogP contribution in [0.25, 0.3) is 0 Å². The van der Waals surface area contributed by atoms with Crippen molar-refractivity contribution in [1.29, 1.82) is 0 Å². The minimum absolute atomic E-state index is 0.0547. The highest BCUT2D eigenvalue weighted by atomic mass is 32.2. The topological polar surface area (TPSA) is 57.6 Å². The van der Waals surface area contributed by atoms with E-state index in [2.05, 4.69) is 11.8 Å². The summed E-state index contributed by atoms with van der Waals surface area (Å²) in [6.07, 6.45) is 2.76. The van der Waals surface area contributed by atoms with Gasteiger partial charge in [0.15, 0.2) is 9.84 Å². The molecule has 3 unspecified atom stereocenters. The summed E-state index contributed by atoms with van der Waals surface area (Å²) in [7, 11) is -3.01. The van der Waals surface area contributed by atoms with Crippen LogP contribution in [0.1, 0.15) is 26.2 Å². The second kappa shape index (κ2) is 4.03. The molecule has 0 bridgehead atoms. The zero-order chi connectivity index (χ0) is 11.1. The van der Waals surface area contributed by atoms with E-state index in [0.29, 0.717) is 6.04 Å². The van der Waals surface area contributed by atoms with Crippen molar-refractivity contribution in [3.63, 3.8) is 0 Å². The monoisotopic (exact) mass is 233 g/mol. The molecule has 0 aromatic carbocycles. The number of aliphatic hydroxyl groups is 1. The molecule has 88 valence electrons. The van der Waals surface area contributed by atoms with Gasteiger partial charge in [0.2, 0.25) is 0 Å². The standard InChI is InChI=1S/C10H19NO3S/c1-8-4-2-3-5-11(8)9-6-15(13,14)7-10(9)12/h8-10,12H,2-7H2,1H3. The van der Waals surface area contributed by atoms with Crippen LogP contribution in [-0.4, -0.2) is 54.7 Å². The van der Waals surface area contributed by atoms with Crippen LogP contribution in [0.4, 0.5) is 0 Å². The maximum Gasteiger partial charge on any atom is 0.154 e. The van der Waals surface area contributed by atoms with Crippen molar-refractivity contribution < 1.29 is 13.5 Å². The molecule has 0 radical (unpaired) electrons. The number of hydrogen-bond donors (Lipinski definition) is 1. The number of piperidine rings is 1. The number of hydrogen-bond acceptors (Lipinski definition) is 4. The van der Waals surface area contributed by atoms with Gasteiger partial charge in [-0.05, 0) is 26.3 Å². The summed E-state index contributed by atoms with van der Waals surface area (Å²) in [5.74, 6) is 0.0827. The van der Waals surface area contributed by atoms with Gasteiger partial charge in [-0.25, -0.2) is 8.42 Å². The summed E-state index contributed by atoms with van der Waals surface area (Å²) < 4.78 is 22.8. The van der Waals surface area contributed by atoms with Gasteiger partial charge in [-0.3, -0.25) is 4.90 Å². The average molecular weight is 233 g/mol. The molecule has 2 saturated heterocycles. The zero-order valence-corrected chi connectivity index (χ0v) is 9.91. The summed E-state index contributed by atoms with van der Waals surface area (Å²) in [5, 5.41) is 9.77. The second-order valence-electron chi connectivity index (χ2n) is 4.79. The Balaban J connectivity index is 2.10. The highest BCUT2D eigenvalue weighted by molar-refractivity contribution is 7.91. The Labute approximate surface area is 91.2 Å². The van der Waals surface area contributed by atoms with Crippen molar-refractivity contribution in [2.45, 2.75) is 44.4 Å². The Kier molecular flexibility index (Phi) is 3.05. The van der Waals surface area contributed by atoms with Crippen LogP contribution in [0.3, 0.4) is 0 Å². The van der Waals surface area contributed by atoms with E-state index in [1.165, 1.54) is 6.42 Å². The third kappa shape index (κ3) is 2.34. The molecule has 0 aliphatic carbocycles. The Hall–Kier alpha value is -0.130. The highest BCUT2D eigenvalue weighted by Gasteiger charge is 2.41. The summed E-state index contributed by atoms with van der Waals surface area (Å²) in [6, 6.07) is 0.247. The van der Waals surface area contributed by atoms with Crippen LogP contribution in [-0.2, 0) is 9.84 Å². The summed E-state index contributed by atoms with van der Waals surface area (Å²) in [6.45, 7) is 3.05. The van der Waals surface area contributed by atoms with Gasteiger partial charge in [0, 0.05) is 6.04 Å². The van der Waals surface area contributed by atoms with Crippen molar-refractivity contribution in [2.24, 2.45) is 0 Å². The zero-order valence-electron chi connectivity index (χ0n) is 9.09. The fourth-order valence-corrected chi connectivity index (χ4v) is 4.55. The third-order valence-corrected chi connectivity index (χ3v) is 5.27. The van der Waals surface area contributed by atoms with E-state index in [1.54, 1.807) is 0 Å². The van der Waals surface area contributed by atoms with Crippen LogP contribution in [0.5, 0.6) is 0 Å². The number of likely N-dealkylation sites (tertiary alicyclic amines) is 1. The molecule has 0 aromatic heterocycles. The quantitative estimate of drug-likeness (QED) is 0.693. The van der Waals surface area contributed by atoms with Crippen molar-refractivity contribution in [3.8, 4) is 0 Å². The molecule has 15 heavy (non-hydrogen) atoms. The van der Waals surface area contributed by atoms with Gasteiger partial charge in [-0.1, -0.05) is 6.42 Å². The molecule has 1 N–H and O–H groups in total. The molecule has 5 heteroatoms. The van der Waals surface area contributed by atoms with E-state index < -0.39 is 15.9 Å². The molecule has 0 saturated carbocycles. The lowest BCUT2D eigenvalue weighted by atomic mass is 10.00. The van der Waals surface area contributed by atoms with Gasteiger partial charge in [-0.15, -0.1) is 0 Å². The smallest absolute Gasteiger partial charge is 0.154 e. The van der Waals surface area contributed by atoms with E-state index in [1.807, 2.05) is 0 Å². The molecule has 0 spiro atoms. The van der Waals surface area contributed by atoms with Crippen LogP contribution >= 0.6 is 0 Å². The molecular weight excluding hydrogens is 214 g/mol. The molecule has 2 heterocycles. The predicted octanol–water partition coefficient (Wildman–Crippen LogP) is 0.0187. The lowest BCUT2D eigenvalue weighted by molar-refractivity contribution is 0.0407. The van der Waals surface area contributed by atoms with Crippen molar-refractivity contribution >= 4 is 9.84 Å². The van der Waals surface area contributed by atoms with E-state index >= 15 is 0 Å². The van der Waals surface area contributed by atoms with Gasteiger partial charge < -0.3 is 5.11 Å². The first-order valence-electron chi connectivity index (χ1n) is 5.64. The fourth-order valence-electron chi connectivity index (χ4n) is 2.74. The van der Waals surface area contributed by atoms with Crippen LogP contribution in [0, 0.1) is 0 Å². The van der Waals surface area contributed by atoms with E-state index in [-0.39, 0.29) is 17.5 Å². The molecule has 0 amide bonds. The Bertz CT molecular complexity index is 328. The predicted molar refractivity (Wildman–Crippen MR) is 58.5 cm³/mol. The summed E-state index contributed by atoms with van der Waals surface area (Å²) in [4.78, 5) is 2.18. The van der Waals surface area contributed by atoms with Gasteiger partial charge in [0.25, 0.3) is 0 Å². The maximum absolute atomic E-state index is 11.4. The normalized spacial score (nSPS) is 41.9. The van der Waals surface area contributed by atoms with Crippen LogP contribution in [0.15, 0.2) is 0 Å². The summed E-state index contributed by atoms with van der Waals surface area (Å²) in [5.41, 5.74) is 0. The fraction of sp³-hybridized carbons (Fsp3) is 1.00. The number of sulfone groups is 1. The molecule has 2 aliphatic heterocycles. The molecular formula is C10H19NO3S. The van der Waals surface area contributed by atoms with Gasteiger partial charge in [-0.2, -0.15) is 0 Å².